The molecule has 0 spiro atoms. The van der Waals surface area contributed by atoms with Gasteiger partial charge < -0.3 is 10.2 Å². The van der Waals surface area contributed by atoms with Crippen molar-refractivity contribution in [2.75, 3.05) is 6.61 Å². The van der Waals surface area contributed by atoms with Crippen molar-refractivity contribution >= 4 is 5.78 Å². The van der Waals surface area contributed by atoms with Crippen LogP contribution in [0.5, 0.6) is 0 Å². The summed E-state index contributed by atoms with van der Waals surface area (Å²) < 4.78 is 0. The van der Waals surface area contributed by atoms with Crippen LogP contribution < -0.4 is 0 Å². The minimum Gasteiger partial charge on any atom is -0.395 e. The Morgan fingerprint density at radius 3 is 2.48 bits per heavy atom. The minimum absolute atomic E-state index is 0.00524. The van der Waals surface area contributed by atoms with E-state index in [0.717, 1.165) is 44.1 Å². The van der Waals surface area contributed by atoms with Crippen molar-refractivity contribution in [1.82, 2.24) is 0 Å². The molecule has 0 aliphatic heterocycles. The van der Waals surface area contributed by atoms with Gasteiger partial charge in [0.25, 0.3) is 0 Å². The smallest absolute Gasteiger partial charge is 0.158 e. The third-order valence-electron chi connectivity index (χ3n) is 9.27. The first-order chi connectivity index (χ1) is 11.7. The largest absolute Gasteiger partial charge is 0.395 e. The van der Waals surface area contributed by atoms with E-state index < -0.39 is 5.60 Å². The number of fused-ring (bicyclic) bond motifs is 5. The Morgan fingerprint density at radius 2 is 1.80 bits per heavy atom. The second-order valence-electron chi connectivity index (χ2n) is 10.1. The van der Waals surface area contributed by atoms with E-state index in [4.69, 9.17) is 0 Å². The first-order valence-corrected chi connectivity index (χ1v) is 10.3. The summed E-state index contributed by atoms with van der Waals surface area (Å²) in [4.78, 5) is 12.4. The van der Waals surface area contributed by atoms with Gasteiger partial charge in [0.15, 0.2) is 5.78 Å². The average Bonchev–Trinajstić information content (AvgIpc) is 2.81. The van der Waals surface area contributed by atoms with Crippen LogP contribution in [0.3, 0.4) is 0 Å². The number of carbonyl (C=O) groups excluding carboxylic acids is 1. The lowest BCUT2D eigenvalue weighted by atomic mass is 9.44. The monoisotopic (exact) mass is 346 g/mol. The van der Waals surface area contributed by atoms with Crippen LogP contribution in [0.2, 0.25) is 0 Å². The molecule has 3 fully saturated rings. The summed E-state index contributed by atoms with van der Waals surface area (Å²) in [5.74, 6) is 2.24. The molecule has 7 atom stereocenters. The van der Waals surface area contributed by atoms with E-state index in [9.17, 15) is 15.0 Å². The van der Waals surface area contributed by atoms with Crippen molar-refractivity contribution in [2.24, 2.45) is 34.5 Å². The zero-order valence-corrected chi connectivity index (χ0v) is 16.3. The van der Waals surface area contributed by atoms with Crippen LogP contribution in [0.4, 0.5) is 0 Å². The number of hydrogen-bond acceptors (Lipinski definition) is 3. The molecule has 0 aromatic carbocycles. The summed E-state index contributed by atoms with van der Waals surface area (Å²) in [5, 5.41) is 21.6. The van der Waals surface area contributed by atoms with Crippen molar-refractivity contribution in [3.05, 3.63) is 11.1 Å². The van der Waals surface area contributed by atoms with Crippen molar-refractivity contribution < 1.29 is 15.0 Å². The predicted octanol–water partition coefficient (Wildman–Crippen LogP) is 3.88. The van der Waals surface area contributed by atoms with E-state index in [-0.39, 0.29) is 23.2 Å². The third kappa shape index (κ3) is 2.09. The number of aliphatic hydroxyl groups is 2. The first-order valence-electron chi connectivity index (χ1n) is 10.3. The Hall–Kier alpha value is -0.670. The number of hydrogen-bond donors (Lipinski definition) is 2. The maximum absolute atomic E-state index is 12.4. The van der Waals surface area contributed by atoms with E-state index >= 15 is 0 Å². The van der Waals surface area contributed by atoms with Crippen LogP contribution in [0.1, 0.15) is 72.6 Å². The predicted molar refractivity (Wildman–Crippen MR) is 97.9 cm³/mol. The maximum Gasteiger partial charge on any atom is 0.158 e. The molecule has 0 saturated heterocycles. The molecule has 4 aliphatic rings. The Balaban J connectivity index is 1.79. The van der Waals surface area contributed by atoms with Gasteiger partial charge in [-0.2, -0.15) is 0 Å². The molecule has 0 heterocycles. The van der Waals surface area contributed by atoms with Crippen molar-refractivity contribution in [3.8, 4) is 0 Å². The molecular weight excluding hydrogens is 312 g/mol. The molecular formula is C22H34O3. The lowest BCUT2D eigenvalue weighted by molar-refractivity contribution is -0.135. The van der Waals surface area contributed by atoms with Crippen molar-refractivity contribution in [1.29, 1.82) is 0 Å². The Morgan fingerprint density at radius 1 is 1.12 bits per heavy atom. The number of aliphatic hydroxyl groups excluding tert-OH is 1. The molecule has 0 aromatic heterocycles. The van der Waals surface area contributed by atoms with Crippen molar-refractivity contribution in [3.63, 3.8) is 0 Å². The average molecular weight is 347 g/mol. The summed E-state index contributed by atoms with van der Waals surface area (Å²) in [6.07, 6.45) is 6.65. The molecule has 4 rings (SSSR count). The summed E-state index contributed by atoms with van der Waals surface area (Å²) in [5.41, 5.74) is 1.48. The molecule has 0 unspecified atom stereocenters. The van der Waals surface area contributed by atoms with E-state index in [0.29, 0.717) is 30.1 Å². The van der Waals surface area contributed by atoms with Crippen LogP contribution in [0, 0.1) is 34.5 Å². The zero-order valence-electron chi connectivity index (χ0n) is 16.3. The van der Waals surface area contributed by atoms with Gasteiger partial charge in [-0.05, 0) is 87.0 Å². The van der Waals surface area contributed by atoms with Crippen molar-refractivity contribution in [2.45, 2.75) is 78.2 Å². The fraction of sp³-hybridized carbons (Fsp3) is 0.864. The number of rotatable bonds is 1. The molecule has 2 N–H and O–H groups in total. The van der Waals surface area contributed by atoms with Gasteiger partial charge in [0.2, 0.25) is 0 Å². The molecule has 0 amide bonds. The maximum atomic E-state index is 12.4. The van der Waals surface area contributed by atoms with Gasteiger partial charge >= 0.3 is 0 Å². The second-order valence-corrected chi connectivity index (χ2v) is 10.1. The van der Waals surface area contributed by atoms with Gasteiger partial charge in [0.05, 0.1) is 12.2 Å². The van der Waals surface area contributed by atoms with Gasteiger partial charge in [-0.3, -0.25) is 4.79 Å². The minimum atomic E-state index is -0.563. The van der Waals surface area contributed by atoms with Crippen LogP contribution >= 0.6 is 0 Å². The molecule has 140 valence electrons. The van der Waals surface area contributed by atoms with E-state index in [1.165, 1.54) is 5.57 Å². The third-order valence-corrected chi connectivity index (χ3v) is 9.27. The van der Waals surface area contributed by atoms with Gasteiger partial charge in [0, 0.05) is 11.8 Å². The molecule has 25 heavy (non-hydrogen) atoms. The van der Waals surface area contributed by atoms with Crippen LogP contribution in [-0.2, 0) is 4.79 Å². The molecule has 0 aromatic rings. The van der Waals surface area contributed by atoms with E-state index in [1.807, 2.05) is 13.8 Å². The fourth-order valence-corrected chi connectivity index (χ4v) is 7.78. The number of carbonyl (C=O) groups is 1. The van der Waals surface area contributed by atoms with Gasteiger partial charge in [-0.25, -0.2) is 0 Å². The first kappa shape index (κ1) is 17.7. The fourth-order valence-electron chi connectivity index (χ4n) is 7.78. The SMILES string of the molecule is CC1=C2[C@@H](C)C[C@@H]3[C@H](CC[C@@]4(C)[C@H]3CC[C@]4(C)O)[C@@]2(CO)CCC1=O. The zero-order chi connectivity index (χ0) is 18.2. The summed E-state index contributed by atoms with van der Waals surface area (Å²) in [6, 6.07) is 0. The standard InChI is InChI=1S/C22H34O3/c1-13-11-15-16-6-9-21(4,25)20(16,3)8-5-17(15)22(12-23)10-7-18(24)14(2)19(13)22/h13,15-17,23,25H,5-12H2,1-4H3/t13-,15-,16-,17-,20-,21-,22-/m0/s1. The molecule has 3 saturated carbocycles. The Labute approximate surface area is 151 Å². The summed E-state index contributed by atoms with van der Waals surface area (Å²) in [6.45, 7) is 8.77. The Kier molecular flexibility index (Phi) is 3.84. The normalized spacial score (nSPS) is 52.6. The highest BCUT2D eigenvalue weighted by molar-refractivity contribution is 5.97. The van der Waals surface area contributed by atoms with Gasteiger partial charge in [0.1, 0.15) is 0 Å². The van der Waals surface area contributed by atoms with Crippen LogP contribution in [0.25, 0.3) is 0 Å². The number of ketones is 1. The topological polar surface area (TPSA) is 57.5 Å². The molecule has 0 radical (unpaired) electrons. The van der Waals surface area contributed by atoms with Gasteiger partial charge in [-0.15, -0.1) is 0 Å². The highest BCUT2D eigenvalue weighted by Crippen LogP contribution is 2.68. The van der Waals surface area contributed by atoms with Gasteiger partial charge in [-0.1, -0.05) is 19.4 Å². The summed E-state index contributed by atoms with van der Waals surface area (Å²) >= 11 is 0. The highest BCUT2D eigenvalue weighted by Gasteiger charge is 2.64. The highest BCUT2D eigenvalue weighted by atomic mass is 16.3. The lowest BCUT2D eigenvalue weighted by Gasteiger charge is -2.61. The second kappa shape index (κ2) is 5.42. The van der Waals surface area contributed by atoms with E-state index in [1.54, 1.807) is 0 Å². The summed E-state index contributed by atoms with van der Waals surface area (Å²) in [7, 11) is 0. The molecule has 4 aliphatic carbocycles. The van der Waals surface area contributed by atoms with E-state index in [2.05, 4.69) is 13.8 Å². The molecule has 3 nitrogen and oxygen atoms in total. The molecule has 3 heteroatoms. The Bertz CT molecular complexity index is 633. The number of Topliss-reactive ketones (excluding diaryl/α,β-unsaturated/α-hetero) is 1. The van der Waals surface area contributed by atoms with Crippen LogP contribution in [-0.4, -0.2) is 28.2 Å². The quantitative estimate of drug-likeness (QED) is 0.757. The lowest BCUT2D eigenvalue weighted by Crippen LogP contribution is -2.57. The van der Waals surface area contributed by atoms with Crippen LogP contribution in [0.15, 0.2) is 11.1 Å². The molecule has 0 bridgehead atoms.